The number of hydrogen-bond donors (Lipinski definition) is 0. The maximum absolute atomic E-state index is 15.5. The molecule has 14 heteroatoms. The van der Waals surface area contributed by atoms with Gasteiger partial charge in [-0.1, -0.05) is 0 Å². The minimum atomic E-state index is -5.55. The first-order valence-corrected chi connectivity index (χ1v) is 9.04. The molecule has 0 heterocycles. The Bertz CT molecular complexity index is 1730. The summed E-state index contributed by atoms with van der Waals surface area (Å²) in [5.74, 6) is -1.86. The molecule has 0 N–H and O–H groups in total. The van der Waals surface area contributed by atoms with E-state index >= 15 is 4.39 Å². The number of halogens is 7. The van der Waals surface area contributed by atoms with Gasteiger partial charge < -0.3 is 0 Å². The van der Waals surface area contributed by atoms with Gasteiger partial charge in [0, 0.05) is 10.4 Å². The summed E-state index contributed by atoms with van der Waals surface area (Å²) in [5, 5.41) is 63.0. The fraction of sp³-hybridized carbons (Fsp3) is 0.0870. The fourth-order valence-electron chi connectivity index (χ4n) is 3.29. The molecule has 2 rings (SSSR count). The monoisotopic (exact) mass is 509 g/mol. The van der Waals surface area contributed by atoms with Crippen LogP contribution >= 0.6 is 0 Å². The first-order chi connectivity index (χ1) is 17.3. The summed E-state index contributed by atoms with van der Waals surface area (Å²) < 4.78 is 96.8. The highest BCUT2D eigenvalue weighted by Gasteiger charge is 2.42. The smallest absolute Gasteiger partial charge is 0.205 e. The lowest BCUT2D eigenvalue weighted by molar-refractivity contribution is -0.143. The standard InChI is InChI=1S/C23H2F7N7/c24-21-16(9-37)19(11(3-31)4-32)13(6-34)14(7-35)20(21)12(5-33)10-1-17(22(25,26)27)15(8-36)18(2-10)23(28,29)30/h1-2H/b20-12+. The molecule has 0 aliphatic carbocycles. The Hall–Kier alpha value is -5.88. The Labute approximate surface area is 201 Å². The van der Waals surface area contributed by atoms with E-state index in [0.717, 1.165) is 6.07 Å². The minimum absolute atomic E-state index is 0.0545. The Morgan fingerprint density at radius 1 is 0.568 bits per heavy atom. The van der Waals surface area contributed by atoms with Gasteiger partial charge in [-0.25, -0.2) is 4.39 Å². The van der Waals surface area contributed by atoms with Crippen molar-refractivity contribution in [3.8, 4) is 42.5 Å². The summed E-state index contributed by atoms with van der Waals surface area (Å²) >= 11 is 0. The molecule has 0 radical (unpaired) electrons. The second-order valence-corrected chi connectivity index (χ2v) is 6.66. The Balaban J connectivity index is 3.49. The van der Waals surface area contributed by atoms with E-state index in [1.165, 1.54) is 36.4 Å². The summed E-state index contributed by atoms with van der Waals surface area (Å²) in [6, 6.07) is 8.24. The van der Waals surface area contributed by atoms with Crippen LogP contribution in [-0.4, -0.2) is 0 Å². The van der Waals surface area contributed by atoms with Crippen LogP contribution in [0.1, 0.15) is 38.9 Å². The highest BCUT2D eigenvalue weighted by atomic mass is 19.4. The predicted molar refractivity (Wildman–Crippen MR) is 104 cm³/mol. The van der Waals surface area contributed by atoms with Crippen molar-refractivity contribution in [3.05, 3.63) is 67.3 Å². The van der Waals surface area contributed by atoms with Crippen molar-refractivity contribution in [2.24, 2.45) is 0 Å². The molecule has 178 valence electrons. The van der Waals surface area contributed by atoms with E-state index in [0.29, 0.717) is 0 Å². The van der Waals surface area contributed by atoms with E-state index in [9.17, 15) is 47.4 Å². The van der Waals surface area contributed by atoms with Gasteiger partial charge in [0.05, 0.1) is 39.0 Å². The van der Waals surface area contributed by atoms with Crippen LogP contribution in [0.25, 0.3) is 11.1 Å². The van der Waals surface area contributed by atoms with E-state index < -0.39 is 78.7 Å². The Morgan fingerprint density at radius 3 is 1.30 bits per heavy atom. The summed E-state index contributed by atoms with van der Waals surface area (Å²) in [6.45, 7) is 0. The van der Waals surface area contributed by atoms with Gasteiger partial charge in [-0.15, -0.1) is 0 Å². The predicted octanol–water partition coefficient (Wildman–Crippen LogP) is 3.27. The Morgan fingerprint density at radius 2 is 0.973 bits per heavy atom. The van der Waals surface area contributed by atoms with Crippen molar-refractivity contribution in [2.45, 2.75) is 12.4 Å². The van der Waals surface area contributed by atoms with E-state index in [1.807, 2.05) is 0 Å². The molecule has 0 unspecified atom stereocenters. The number of nitriles is 7. The quantitative estimate of drug-likeness (QED) is 0.532. The van der Waals surface area contributed by atoms with Crippen molar-refractivity contribution in [1.82, 2.24) is 0 Å². The SMILES string of the molecule is N#CC(C#N)=c1c(C#N)c(F)/c(=C(\C#N)c2cc(C(F)(F)F)c(C#N)c(C(F)(F)F)c2)c(C#N)c1C#N. The minimum Gasteiger partial charge on any atom is -0.205 e. The van der Waals surface area contributed by atoms with Gasteiger partial charge in [0.25, 0.3) is 0 Å². The first kappa shape index (κ1) is 27.4. The van der Waals surface area contributed by atoms with Crippen molar-refractivity contribution in [2.75, 3.05) is 0 Å². The largest absolute Gasteiger partial charge is 0.417 e. The number of benzene rings is 2. The lowest BCUT2D eigenvalue weighted by Gasteiger charge is -2.17. The van der Waals surface area contributed by atoms with Crippen LogP contribution in [0.4, 0.5) is 30.7 Å². The molecule has 0 saturated carbocycles. The number of alkyl halides is 6. The molecule has 0 saturated heterocycles. The van der Waals surface area contributed by atoms with Gasteiger partial charge in [-0.2, -0.15) is 63.2 Å². The zero-order valence-corrected chi connectivity index (χ0v) is 17.4. The van der Waals surface area contributed by atoms with Crippen LogP contribution in [0.2, 0.25) is 0 Å². The molecule has 0 amide bonds. The molecule has 7 nitrogen and oxygen atoms in total. The van der Waals surface area contributed by atoms with Crippen LogP contribution in [-0.2, 0) is 12.4 Å². The summed E-state index contributed by atoms with van der Waals surface area (Å²) in [4.78, 5) is 0. The molecule has 0 atom stereocenters. The molecule has 0 fully saturated rings. The molecule has 0 aliphatic rings. The van der Waals surface area contributed by atoms with Crippen LogP contribution in [0.5, 0.6) is 0 Å². The topological polar surface area (TPSA) is 167 Å². The van der Waals surface area contributed by atoms with Gasteiger partial charge >= 0.3 is 12.4 Å². The van der Waals surface area contributed by atoms with Crippen molar-refractivity contribution < 1.29 is 30.7 Å². The molecule has 0 bridgehead atoms. The van der Waals surface area contributed by atoms with E-state index in [-0.39, 0.29) is 12.1 Å². The Kier molecular flexibility index (Phi) is 7.23. The maximum atomic E-state index is 15.5. The van der Waals surface area contributed by atoms with Crippen LogP contribution in [0.15, 0.2) is 12.1 Å². The summed E-state index contributed by atoms with van der Waals surface area (Å²) in [7, 11) is 0. The van der Waals surface area contributed by atoms with Crippen molar-refractivity contribution in [3.63, 3.8) is 0 Å². The van der Waals surface area contributed by atoms with Gasteiger partial charge in [0.15, 0.2) is 5.82 Å². The molecule has 0 spiro atoms. The third kappa shape index (κ3) is 4.58. The molecule has 2 aromatic rings. The third-order valence-electron chi connectivity index (χ3n) is 4.76. The van der Waals surface area contributed by atoms with Gasteiger partial charge in [-0.3, -0.25) is 0 Å². The third-order valence-corrected chi connectivity index (χ3v) is 4.76. The number of hydrogen-bond acceptors (Lipinski definition) is 7. The summed E-state index contributed by atoms with van der Waals surface area (Å²) in [5.41, 5.74) is -13.1. The molecular weight excluding hydrogens is 507 g/mol. The van der Waals surface area contributed by atoms with E-state index in [4.69, 9.17) is 15.8 Å². The second kappa shape index (κ2) is 9.77. The van der Waals surface area contributed by atoms with Crippen LogP contribution < -0.4 is 10.4 Å². The lowest BCUT2D eigenvalue weighted by atomic mass is 9.89. The first-order valence-electron chi connectivity index (χ1n) is 9.04. The average molecular weight is 509 g/mol. The zero-order valence-electron chi connectivity index (χ0n) is 17.4. The van der Waals surface area contributed by atoms with Crippen molar-refractivity contribution >= 4 is 11.1 Å². The van der Waals surface area contributed by atoms with Gasteiger partial charge in [0.2, 0.25) is 0 Å². The van der Waals surface area contributed by atoms with Gasteiger partial charge in [-0.05, 0) is 17.7 Å². The fourth-order valence-corrected chi connectivity index (χ4v) is 3.29. The zero-order chi connectivity index (χ0) is 28.3. The average Bonchev–Trinajstić information content (AvgIpc) is 2.84. The maximum Gasteiger partial charge on any atom is 0.417 e. The molecule has 37 heavy (non-hydrogen) atoms. The molecule has 0 aliphatic heterocycles. The van der Waals surface area contributed by atoms with E-state index in [1.54, 1.807) is 0 Å². The van der Waals surface area contributed by atoms with Crippen molar-refractivity contribution in [1.29, 1.82) is 36.8 Å². The molecular formula is C23H2F7N7. The second-order valence-electron chi connectivity index (χ2n) is 6.66. The highest BCUT2D eigenvalue weighted by Crippen LogP contribution is 2.40. The van der Waals surface area contributed by atoms with Crippen LogP contribution in [0, 0.1) is 85.1 Å². The van der Waals surface area contributed by atoms with Crippen LogP contribution in [0.3, 0.4) is 0 Å². The highest BCUT2D eigenvalue weighted by molar-refractivity contribution is 5.82. The number of rotatable bonds is 1. The number of nitrogens with zero attached hydrogens (tertiary/aromatic N) is 7. The summed E-state index contributed by atoms with van der Waals surface area (Å²) in [6.07, 6.45) is -11.1. The molecule has 0 aromatic heterocycles. The lowest BCUT2D eigenvalue weighted by Crippen LogP contribution is -2.30. The normalized spacial score (nSPS) is 11.4. The van der Waals surface area contributed by atoms with Gasteiger partial charge in [0.1, 0.15) is 48.1 Å². The molecule has 2 aromatic carbocycles. The van der Waals surface area contributed by atoms with E-state index in [2.05, 4.69) is 0 Å².